The first-order chi connectivity index (χ1) is 16.2. The molecule has 0 aromatic heterocycles. The summed E-state index contributed by atoms with van der Waals surface area (Å²) in [4.78, 5) is 68.8. The first kappa shape index (κ1) is 25.1. The summed E-state index contributed by atoms with van der Waals surface area (Å²) in [5.41, 5.74) is 8.84. The molecule has 12 heteroatoms. The van der Waals surface area contributed by atoms with Crippen LogP contribution in [0.2, 0.25) is 5.02 Å². The van der Waals surface area contributed by atoms with Gasteiger partial charge in [-0.25, -0.2) is 0 Å². The third-order valence-corrected chi connectivity index (χ3v) is 8.01. The Morgan fingerprint density at radius 3 is 2.23 bits per heavy atom. The van der Waals surface area contributed by atoms with Crippen LogP contribution in [-0.4, -0.2) is 84.0 Å². The van der Waals surface area contributed by atoms with Crippen LogP contribution in [0.15, 0.2) is 0 Å². The molecule has 35 heavy (non-hydrogen) atoms. The minimum atomic E-state index is -2.77. The lowest BCUT2D eigenvalue weighted by Crippen LogP contribution is -2.74. The molecule has 1 aromatic carbocycles. The number of aliphatic hydroxyl groups is 1. The van der Waals surface area contributed by atoms with E-state index in [0.717, 1.165) is 0 Å². The topological polar surface area (TPSA) is 184 Å². The summed E-state index contributed by atoms with van der Waals surface area (Å²) in [6.45, 7) is 0. The van der Waals surface area contributed by atoms with Crippen LogP contribution in [0.25, 0.3) is 0 Å². The Bertz CT molecular complexity index is 1210. The second-order valence-corrected chi connectivity index (χ2v) is 10.3. The molecule has 2 saturated carbocycles. The van der Waals surface area contributed by atoms with Crippen molar-refractivity contribution in [3.63, 3.8) is 0 Å². The highest BCUT2D eigenvalue weighted by atomic mass is 35.5. The smallest absolute Gasteiger partial charge is 0.235 e. The molecule has 188 valence electrons. The van der Waals surface area contributed by atoms with Crippen molar-refractivity contribution in [1.82, 2.24) is 4.90 Å². The van der Waals surface area contributed by atoms with Gasteiger partial charge in [-0.1, -0.05) is 11.6 Å². The lowest BCUT2D eigenvalue weighted by atomic mass is 9.52. The summed E-state index contributed by atoms with van der Waals surface area (Å²) in [5.74, 6) is -11.3. The number of anilines is 2. The van der Waals surface area contributed by atoms with Gasteiger partial charge < -0.3 is 26.6 Å². The zero-order valence-corrected chi connectivity index (χ0v) is 20.4. The highest BCUT2D eigenvalue weighted by Crippen LogP contribution is 2.54. The van der Waals surface area contributed by atoms with Crippen molar-refractivity contribution in [2.24, 2.45) is 29.4 Å². The quantitative estimate of drug-likeness (QED) is 0.229. The number of nitrogen functional groups attached to an aromatic ring is 1. The predicted octanol–water partition coefficient (Wildman–Crippen LogP) is -0.831. The number of halogens is 1. The second kappa shape index (κ2) is 8.00. The lowest BCUT2D eigenvalue weighted by molar-refractivity contribution is -0.181. The van der Waals surface area contributed by atoms with Crippen LogP contribution in [0.5, 0.6) is 5.75 Å². The normalized spacial score (nSPS) is 32.3. The number of Topliss-reactive ketones (excluding diaryl/α,β-unsaturated/α-hetero) is 4. The van der Waals surface area contributed by atoms with Gasteiger partial charge in [0.25, 0.3) is 0 Å². The maximum Gasteiger partial charge on any atom is 0.235 e. The van der Waals surface area contributed by atoms with Gasteiger partial charge in [0.2, 0.25) is 5.91 Å². The van der Waals surface area contributed by atoms with E-state index in [1.807, 2.05) is 0 Å². The third kappa shape index (κ3) is 3.14. The first-order valence-electron chi connectivity index (χ1n) is 11.0. The van der Waals surface area contributed by atoms with Gasteiger partial charge in [0.15, 0.2) is 40.4 Å². The molecule has 0 bridgehead atoms. The number of phenolic OH excluding ortho intramolecular Hbond substituents is 1. The number of carbonyl (C=O) groups excluding carboxylic acids is 5. The Morgan fingerprint density at radius 2 is 1.71 bits per heavy atom. The monoisotopic (exact) mass is 506 g/mol. The zero-order chi connectivity index (χ0) is 26.3. The van der Waals surface area contributed by atoms with Gasteiger partial charge in [-0.3, -0.25) is 28.9 Å². The molecule has 3 aliphatic carbocycles. The minimum Gasteiger partial charge on any atom is -0.505 e. The molecule has 1 amide bonds. The first-order valence-corrected chi connectivity index (χ1v) is 11.4. The summed E-state index contributed by atoms with van der Waals surface area (Å²) < 4.78 is 0. The Morgan fingerprint density at radius 1 is 1.11 bits per heavy atom. The van der Waals surface area contributed by atoms with Crippen molar-refractivity contribution in [2.75, 3.05) is 38.8 Å². The molecule has 6 unspecified atom stereocenters. The largest absolute Gasteiger partial charge is 0.505 e. The van der Waals surface area contributed by atoms with E-state index in [9.17, 15) is 34.2 Å². The Balaban J connectivity index is 1.93. The molecule has 11 nitrogen and oxygen atoms in total. The van der Waals surface area contributed by atoms with Crippen LogP contribution in [0.4, 0.5) is 11.4 Å². The number of aromatic hydroxyl groups is 1. The van der Waals surface area contributed by atoms with Gasteiger partial charge in [-0.05, 0) is 38.4 Å². The maximum absolute atomic E-state index is 13.7. The molecular weight excluding hydrogens is 480 g/mol. The number of phenols is 1. The van der Waals surface area contributed by atoms with Crippen LogP contribution in [-0.2, 0) is 25.6 Å². The fourth-order valence-corrected chi connectivity index (χ4v) is 6.55. The molecule has 1 aromatic rings. The van der Waals surface area contributed by atoms with E-state index in [1.54, 1.807) is 19.0 Å². The van der Waals surface area contributed by atoms with E-state index in [0.29, 0.717) is 11.3 Å². The zero-order valence-electron chi connectivity index (χ0n) is 19.7. The highest BCUT2D eigenvalue weighted by molar-refractivity contribution is 6.37. The van der Waals surface area contributed by atoms with Crippen molar-refractivity contribution >= 4 is 52.0 Å². The molecular formula is C23H27ClN4O7. The number of hydrogen-bond donors (Lipinski definition) is 4. The number of ketones is 4. The van der Waals surface area contributed by atoms with E-state index < -0.39 is 70.1 Å². The predicted molar refractivity (Wildman–Crippen MR) is 125 cm³/mol. The van der Waals surface area contributed by atoms with Crippen LogP contribution in [0.3, 0.4) is 0 Å². The number of nitrogens with two attached hydrogens (primary N) is 2. The van der Waals surface area contributed by atoms with Gasteiger partial charge in [0.1, 0.15) is 0 Å². The van der Waals surface area contributed by atoms with Crippen LogP contribution < -0.4 is 16.4 Å². The van der Waals surface area contributed by atoms with Crippen molar-refractivity contribution in [3.05, 3.63) is 16.1 Å². The summed E-state index contributed by atoms with van der Waals surface area (Å²) in [5, 5.41) is 22.3. The maximum atomic E-state index is 13.7. The Hall–Kier alpha value is -3.02. The second-order valence-electron chi connectivity index (χ2n) is 9.96. The average Bonchev–Trinajstić information content (AvgIpc) is 2.74. The Labute approximate surface area is 206 Å². The van der Waals surface area contributed by atoms with Crippen LogP contribution >= 0.6 is 11.6 Å². The number of hydrogen-bond acceptors (Lipinski definition) is 10. The number of amides is 1. The number of primary amides is 1. The van der Waals surface area contributed by atoms with Crippen LogP contribution in [0.1, 0.15) is 22.3 Å². The average molecular weight is 507 g/mol. The van der Waals surface area contributed by atoms with Crippen molar-refractivity contribution < 1.29 is 34.2 Å². The summed E-state index contributed by atoms with van der Waals surface area (Å²) in [6.07, 6.45) is 0.0619. The number of carbonyl (C=O) groups is 5. The molecule has 0 radical (unpaired) electrons. The molecule has 0 aliphatic heterocycles. The van der Waals surface area contributed by atoms with E-state index in [4.69, 9.17) is 23.1 Å². The Kier molecular flexibility index (Phi) is 5.74. The van der Waals surface area contributed by atoms with Crippen LogP contribution in [0, 0.1) is 23.7 Å². The molecule has 3 aliphatic rings. The van der Waals surface area contributed by atoms with E-state index >= 15 is 0 Å². The molecule has 0 spiro atoms. The fourth-order valence-electron chi connectivity index (χ4n) is 6.17. The SMILES string of the molecule is CN(C)c1c(Cl)c(N)c(O)c2c1CC1CC3C(N(C)C)C(=O)C(C(N)=O)C(=O)C3(O)C(=O)C1C2=O. The van der Waals surface area contributed by atoms with Gasteiger partial charge in [-0.2, -0.15) is 0 Å². The summed E-state index contributed by atoms with van der Waals surface area (Å²) in [6, 6.07) is -1.16. The number of rotatable bonds is 3. The number of benzene rings is 1. The summed E-state index contributed by atoms with van der Waals surface area (Å²) >= 11 is 6.38. The molecule has 6 N–H and O–H groups in total. The highest BCUT2D eigenvalue weighted by Gasteiger charge is 2.69. The number of nitrogens with zero attached hydrogens (tertiary/aromatic N) is 2. The number of likely N-dealkylation sites (N-methyl/N-ethyl adjacent to an activating group) is 1. The van der Waals surface area contributed by atoms with E-state index in [-0.39, 0.29) is 29.1 Å². The molecule has 0 heterocycles. The number of fused-ring (bicyclic) bond motifs is 3. The van der Waals surface area contributed by atoms with Crippen molar-refractivity contribution in [3.8, 4) is 5.75 Å². The van der Waals surface area contributed by atoms with Gasteiger partial charge in [0, 0.05) is 20.0 Å². The minimum absolute atomic E-state index is 0.0421. The lowest BCUT2D eigenvalue weighted by Gasteiger charge is -2.52. The molecule has 0 saturated heterocycles. The fraction of sp³-hybridized carbons (Fsp3) is 0.522. The molecule has 6 atom stereocenters. The van der Waals surface area contributed by atoms with Crippen molar-refractivity contribution in [2.45, 2.75) is 24.5 Å². The van der Waals surface area contributed by atoms with Gasteiger partial charge in [-0.15, -0.1) is 0 Å². The van der Waals surface area contributed by atoms with Gasteiger partial charge in [0.05, 0.1) is 33.9 Å². The van der Waals surface area contributed by atoms with E-state index in [2.05, 4.69) is 0 Å². The molecule has 2 fully saturated rings. The molecule has 4 rings (SSSR count). The third-order valence-electron chi connectivity index (χ3n) is 7.62. The van der Waals surface area contributed by atoms with Crippen molar-refractivity contribution in [1.29, 1.82) is 0 Å². The van der Waals surface area contributed by atoms with E-state index in [1.165, 1.54) is 19.0 Å². The van der Waals surface area contributed by atoms with Gasteiger partial charge >= 0.3 is 0 Å². The standard InChI is InChI=1S/C23H27ClN4O7/c1-27(2)15-8-5-7-6-9-16(28(3)4)19(31)12(22(26)34)21(33)23(9,35)20(32)10(7)17(29)11(8)18(30)14(25)13(15)24/h7,9-10,12,16,30,35H,5-6,25H2,1-4H3,(H2,26,34). The summed E-state index contributed by atoms with van der Waals surface area (Å²) in [7, 11) is 6.42.